The number of anilines is 2. The van der Waals surface area contributed by atoms with E-state index in [1.165, 1.54) is 11.9 Å². The Bertz CT molecular complexity index is 922. The molecule has 1 heterocycles. The maximum Gasteiger partial charge on any atom is 0.337 e. The van der Waals surface area contributed by atoms with Crippen LogP contribution in [0.15, 0.2) is 58.0 Å². The highest BCUT2D eigenvalue weighted by Gasteiger charge is 2.42. The van der Waals surface area contributed by atoms with Gasteiger partial charge in [-0.15, -0.1) is 11.6 Å². The van der Waals surface area contributed by atoms with Crippen molar-refractivity contribution < 1.29 is 9.59 Å². The monoisotopic (exact) mass is 468 g/mol. The smallest absolute Gasteiger partial charge is 0.337 e. The highest BCUT2D eigenvalue weighted by Crippen LogP contribution is 2.30. The summed E-state index contributed by atoms with van der Waals surface area (Å²) in [6, 6.07) is 13.7. The van der Waals surface area contributed by atoms with E-state index in [2.05, 4.69) is 26.2 Å². The van der Waals surface area contributed by atoms with Crippen LogP contribution >= 0.6 is 39.1 Å². The van der Waals surface area contributed by atoms with E-state index in [4.69, 9.17) is 23.2 Å². The number of nitrogens with zero attached hydrogens (tertiary/aromatic N) is 3. The van der Waals surface area contributed by atoms with Crippen molar-refractivity contribution in [1.29, 1.82) is 0 Å². The lowest BCUT2D eigenvalue weighted by molar-refractivity contribution is -0.119. The van der Waals surface area contributed by atoms with Crippen molar-refractivity contribution in [2.45, 2.75) is 6.17 Å². The topological polar surface area (TPSA) is 65.0 Å². The lowest BCUT2D eigenvalue weighted by Gasteiger charge is -2.19. The van der Waals surface area contributed by atoms with E-state index in [0.29, 0.717) is 10.7 Å². The minimum absolute atomic E-state index is 0.0409. The highest BCUT2D eigenvalue weighted by molar-refractivity contribution is 9.10. The van der Waals surface area contributed by atoms with Gasteiger partial charge < -0.3 is 5.32 Å². The normalized spacial score (nSPS) is 17.0. The number of alkyl halides is 1. The predicted molar refractivity (Wildman–Crippen MR) is 112 cm³/mol. The predicted octanol–water partition coefficient (Wildman–Crippen LogP) is 4.58. The van der Waals surface area contributed by atoms with Crippen molar-refractivity contribution in [3.05, 3.63) is 58.0 Å². The van der Waals surface area contributed by atoms with Crippen molar-refractivity contribution in [3.63, 3.8) is 0 Å². The van der Waals surface area contributed by atoms with Gasteiger partial charge in [-0.05, 0) is 40.2 Å². The highest BCUT2D eigenvalue weighted by atomic mass is 79.9. The Morgan fingerprint density at radius 1 is 1.15 bits per heavy atom. The third kappa shape index (κ3) is 3.95. The Kier molecular flexibility index (Phi) is 6.04. The molecular formula is C18H15BrCl2N4O2. The van der Waals surface area contributed by atoms with Gasteiger partial charge in [0.2, 0.25) is 5.84 Å². The summed E-state index contributed by atoms with van der Waals surface area (Å²) in [7, 11) is 1.40. The fraction of sp³-hybridized carbons (Fsp3) is 0.167. The largest absolute Gasteiger partial charge is 0.362 e. The molecule has 9 heteroatoms. The number of para-hydroxylation sites is 2. The van der Waals surface area contributed by atoms with E-state index >= 15 is 0 Å². The number of halogens is 3. The summed E-state index contributed by atoms with van der Waals surface area (Å²) in [5, 5.41) is 3.49. The second kappa shape index (κ2) is 8.29. The number of amidine groups is 1. The number of imide groups is 1. The van der Waals surface area contributed by atoms with Crippen LogP contribution in [-0.2, 0) is 4.79 Å². The number of hydrogen-bond acceptors (Lipinski definition) is 4. The minimum Gasteiger partial charge on any atom is -0.362 e. The molecule has 0 bridgehead atoms. The van der Waals surface area contributed by atoms with E-state index in [1.807, 2.05) is 24.3 Å². The number of amides is 3. The molecule has 1 fully saturated rings. The molecular weight excluding hydrogens is 455 g/mol. The van der Waals surface area contributed by atoms with Crippen LogP contribution in [0.1, 0.15) is 0 Å². The number of likely N-dealkylation sites (N-methyl/N-ethyl adjacent to an activating group) is 1. The molecule has 1 N–H and O–H groups in total. The summed E-state index contributed by atoms with van der Waals surface area (Å²) >= 11 is 15.7. The summed E-state index contributed by atoms with van der Waals surface area (Å²) in [5.74, 6) is -0.475. The van der Waals surface area contributed by atoms with Gasteiger partial charge in [0.1, 0.15) is 6.17 Å². The summed E-state index contributed by atoms with van der Waals surface area (Å²) in [6.45, 7) is 0. The Labute approximate surface area is 174 Å². The van der Waals surface area contributed by atoms with E-state index in [1.54, 1.807) is 24.3 Å². The van der Waals surface area contributed by atoms with Crippen LogP contribution in [0.3, 0.4) is 0 Å². The molecule has 6 nitrogen and oxygen atoms in total. The van der Waals surface area contributed by atoms with Crippen molar-refractivity contribution in [3.8, 4) is 0 Å². The van der Waals surface area contributed by atoms with Crippen LogP contribution in [0.25, 0.3) is 0 Å². The quantitative estimate of drug-likeness (QED) is 0.515. The van der Waals surface area contributed by atoms with Crippen molar-refractivity contribution in [1.82, 2.24) is 4.90 Å². The summed E-state index contributed by atoms with van der Waals surface area (Å²) in [6.07, 6.45) is -0.631. The molecule has 3 amide bonds. The number of urea groups is 1. The van der Waals surface area contributed by atoms with E-state index < -0.39 is 18.1 Å². The Morgan fingerprint density at radius 2 is 1.81 bits per heavy atom. The maximum atomic E-state index is 12.6. The average molecular weight is 470 g/mol. The number of aliphatic imine (C=N–C) groups is 1. The van der Waals surface area contributed by atoms with Gasteiger partial charge in [0.05, 0.1) is 22.3 Å². The molecule has 0 spiro atoms. The fourth-order valence-corrected chi connectivity index (χ4v) is 3.31. The van der Waals surface area contributed by atoms with Crippen molar-refractivity contribution in [2.75, 3.05) is 23.1 Å². The third-order valence-electron chi connectivity index (χ3n) is 3.90. The summed E-state index contributed by atoms with van der Waals surface area (Å²) < 4.78 is 0.828. The third-order valence-corrected chi connectivity index (χ3v) is 5.20. The Hall–Kier alpha value is -2.09. The number of nitrogens with one attached hydrogen (secondary N) is 1. The molecule has 1 atom stereocenters. The zero-order valence-electron chi connectivity index (χ0n) is 14.2. The molecule has 0 aromatic heterocycles. The number of rotatable bonds is 5. The lowest BCUT2D eigenvalue weighted by Crippen LogP contribution is -2.34. The Morgan fingerprint density at radius 3 is 2.48 bits per heavy atom. The zero-order chi connectivity index (χ0) is 19.6. The minimum atomic E-state index is -0.631. The van der Waals surface area contributed by atoms with Crippen molar-refractivity contribution >= 4 is 68.3 Å². The molecule has 2 aromatic carbocycles. The molecule has 3 rings (SSSR count). The fourth-order valence-electron chi connectivity index (χ4n) is 2.55. The van der Waals surface area contributed by atoms with Gasteiger partial charge in [-0.25, -0.2) is 14.7 Å². The molecule has 1 saturated heterocycles. The van der Waals surface area contributed by atoms with Gasteiger partial charge >= 0.3 is 6.03 Å². The van der Waals surface area contributed by atoms with Crippen LogP contribution in [-0.4, -0.2) is 41.8 Å². The maximum absolute atomic E-state index is 12.6. The first-order valence-corrected chi connectivity index (χ1v) is 9.66. The molecule has 2 aromatic rings. The second-order valence-electron chi connectivity index (χ2n) is 5.68. The SMILES string of the molecule is CN1C(=O)C(=NC(CCl)Nc2ccccc2Br)N(c2ccccc2Cl)C1=O. The van der Waals surface area contributed by atoms with Gasteiger partial charge in [0.25, 0.3) is 5.91 Å². The molecule has 1 aliphatic rings. The van der Waals surface area contributed by atoms with Gasteiger partial charge in [0.15, 0.2) is 0 Å². The van der Waals surface area contributed by atoms with E-state index in [-0.39, 0.29) is 11.7 Å². The van der Waals surface area contributed by atoms with Crippen LogP contribution in [0.4, 0.5) is 16.2 Å². The molecule has 1 unspecified atom stereocenters. The number of hydrogen-bond donors (Lipinski definition) is 1. The molecule has 140 valence electrons. The molecule has 27 heavy (non-hydrogen) atoms. The average Bonchev–Trinajstić information content (AvgIpc) is 2.87. The van der Waals surface area contributed by atoms with Gasteiger partial charge in [-0.2, -0.15) is 0 Å². The van der Waals surface area contributed by atoms with E-state index in [0.717, 1.165) is 15.1 Å². The lowest BCUT2D eigenvalue weighted by atomic mass is 10.3. The molecule has 0 radical (unpaired) electrons. The first kappa shape index (κ1) is 19.7. The van der Waals surface area contributed by atoms with Gasteiger partial charge in [-0.1, -0.05) is 35.9 Å². The van der Waals surface area contributed by atoms with Crippen LogP contribution in [0.5, 0.6) is 0 Å². The summed E-state index contributed by atoms with van der Waals surface area (Å²) in [5.41, 5.74) is 1.15. The number of benzene rings is 2. The molecule has 0 aliphatic carbocycles. The molecule has 0 saturated carbocycles. The first-order chi connectivity index (χ1) is 12.9. The van der Waals surface area contributed by atoms with Crippen LogP contribution < -0.4 is 10.2 Å². The second-order valence-corrected chi connectivity index (χ2v) is 7.25. The number of carbonyl (C=O) groups excluding carboxylic acids is 2. The Balaban J connectivity index is 2.00. The van der Waals surface area contributed by atoms with Crippen LogP contribution in [0, 0.1) is 0 Å². The number of carbonyl (C=O) groups is 2. The first-order valence-electron chi connectivity index (χ1n) is 7.95. The zero-order valence-corrected chi connectivity index (χ0v) is 17.3. The standard InChI is InChI=1S/C18H15BrCl2N4O2/c1-24-17(26)16(25(18(24)27)14-9-5-3-7-12(14)21)23-15(10-20)22-13-8-4-2-6-11(13)19/h2-9,15,22H,10H2,1H3. The van der Waals surface area contributed by atoms with E-state index in [9.17, 15) is 9.59 Å². The van der Waals surface area contributed by atoms with Gasteiger partial charge in [0, 0.05) is 11.5 Å². The van der Waals surface area contributed by atoms with Crippen LogP contribution in [0.2, 0.25) is 5.02 Å². The van der Waals surface area contributed by atoms with Crippen molar-refractivity contribution in [2.24, 2.45) is 4.99 Å². The molecule has 1 aliphatic heterocycles. The van der Waals surface area contributed by atoms with Gasteiger partial charge in [-0.3, -0.25) is 9.69 Å². The summed E-state index contributed by atoms with van der Waals surface area (Å²) in [4.78, 5) is 31.8.